The molecule has 0 saturated heterocycles. The highest BCUT2D eigenvalue weighted by molar-refractivity contribution is 6.30. The number of phenolic OH excluding ortho intramolecular Hbond substituents is 2. The lowest BCUT2D eigenvalue weighted by Gasteiger charge is -2.09. The van der Waals surface area contributed by atoms with Crippen molar-refractivity contribution in [3.05, 3.63) is 52.5 Å². The molecule has 0 heterocycles. The highest BCUT2D eigenvalue weighted by Gasteiger charge is 2.07. The van der Waals surface area contributed by atoms with Gasteiger partial charge in [-0.1, -0.05) is 11.6 Å². The van der Waals surface area contributed by atoms with E-state index in [1.807, 2.05) is 13.0 Å². The van der Waals surface area contributed by atoms with Crippen molar-refractivity contribution in [2.24, 2.45) is 5.10 Å². The van der Waals surface area contributed by atoms with E-state index in [-0.39, 0.29) is 23.8 Å². The summed E-state index contributed by atoms with van der Waals surface area (Å²) in [6, 6.07) is 9.55. The van der Waals surface area contributed by atoms with Crippen LogP contribution in [0.2, 0.25) is 5.02 Å². The van der Waals surface area contributed by atoms with E-state index in [1.165, 1.54) is 18.2 Å². The molecule has 0 bridgehead atoms. The maximum absolute atomic E-state index is 11.8. The summed E-state index contributed by atoms with van der Waals surface area (Å²) in [5, 5.41) is 23.7. The summed E-state index contributed by atoms with van der Waals surface area (Å²) < 4.78 is 5.63. The summed E-state index contributed by atoms with van der Waals surface area (Å²) in [6.45, 7) is 3.96. The molecule has 0 spiro atoms. The van der Waals surface area contributed by atoms with Crippen LogP contribution in [-0.2, 0) is 4.79 Å². The van der Waals surface area contributed by atoms with Crippen molar-refractivity contribution in [2.75, 3.05) is 6.61 Å². The number of hydrazone groups is 1. The number of nitrogens with zero attached hydrogens (tertiary/aromatic N) is 1. The van der Waals surface area contributed by atoms with E-state index in [0.717, 1.165) is 11.3 Å². The number of hydrogen-bond donors (Lipinski definition) is 3. The number of rotatable bonds is 7. The minimum Gasteiger partial charge on any atom is -0.508 e. The van der Waals surface area contributed by atoms with Crippen molar-refractivity contribution < 1.29 is 19.7 Å². The summed E-state index contributed by atoms with van der Waals surface area (Å²) in [5.41, 5.74) is 4.25. The van der Waals surface area contributed by atoms with Gasteiger partial charge in [-0.05, 0) is 56.2 Å². The Kier molecular flexibility index (Phi) is 6.86. The van der Waals surface area contributed by atoms with Crippen LogP contribution >= 0.6 is 11.6 Å². The van der Waals surface area contributed by atoms with E-state index >= 15 is 0 Å². The molecule has 0 unspecified atom stereocenters. The van der Waals surface area contributed by atoms with Crippen molar-refractivity contribution in [1.82, 2.24) is 5.43 Å². The fourth-order valence-electron chi connectivity index (χ4n) is 2.28. The van der Waals surface area contributed by atoms with Gasteiger partial charge in [0.05, 0.1) is 12.3 Å². The zero-order valence-corrected chi connectivity index (χ0v) is 15.4. The summed E-state index contributed by atoms with van der Waals surface area (Å²) in [7, 11) is 0. The van der Waals surface area contributed by atoms with Crippen molar-refractivity contribution >= 4 is 23.2 Å². The number of benzene rings is 2. The summed E-state index contributed by atoms with van der Waals surface area (Å²) in [6.07, 6.45) is 0.790. The fourth-order valence-corrected chi connectivity index (χ4v) is 2.50. The van der Waals surface area contributed by atoms with Gasteiger partial charge >= 0.3 is 0 Å². The second-order valence-electron chi connectivity index (χ2n) is 5.80. The Morgan fingerprint density at radius 2 is 2.00 bits per heavy atom. The largest absolute Gasteiger partial charge is 0.508 e. The average Bonchev–Trinajstić information content (AvgIpc) is 2.58. The minimum absolute atomic E-state index is 0.0426. The van der Waals surface area contributed by atoms with Gasteiger partial charge in [-0.15, -0.1) is 0 Å². The van der Waals surface area contributed by atoms with Crippen LogP contribution in [0, 0.1) is 6.92 Å². The van der Waals surface area contributed by atoms with Gasteiger partial charge in [0.15, 0.2) is 0 Å². The molecule has 0 atom stereocenters. The lowest BCUT2D eigenvalue weighted by atomic mass is 10.1. The average molecular weight is 377 g/mol. The van der Waals surface area contributed by atoms with Crippen LogP contribution in [0.25, 0.3) is 0 Å². The molecule has 0 aliphatic rings. The van der Waals surface area contributed by atoms with Crippen molar-refractivity contribution in [3.63, 3.8) is 0 Å². The van der Waals surface area contributed by atoms with E-state index in [4.69, 9.17) is 16.3 Å². The Morgan fingerprint density at radius 3 is 2.69 bits per heavy atom. The number of hydrogen-bond acceptors (Lipinski definition) is 5. The Bertz CT molecular complexity index is 821. The van der Waals surface area contributed by atoms with Crippen LogP contribution in [0.15, 0.2) is 41.5 Å². The molecule has 1 amide bonds. The predicted molar refractivity (Wildman–Crippen MR) is 101 cm³/mol. The molecular formula is C19H21ClN2O4. The van der Waals surface area contributed by atoms with Crippen LogP contribution in [0.5, 0.6) is 17.2 Å². The number of nitrogens with one attached hydrogen (secondary N) is 1. The number of aryl methyl sites for hydroxylation is 1. The van der Waals surface area contributed by atoms with Crippen LogP contribution in [0.3, 0.4) is 0 Å². The first-order valence-electron chi connectivity index (χ1n) is 8.11. The molecule has 0 aromatic heterocycles. The number of phenols is 2. The van der Waals surface area contributed by atoms with Crippen molar-refractivity contribution in [1.29, 1.82) is 0 Å². The van der Waals surface area contributed by atoms with Crippen LogP contribution in [0.4, 0.5) is 0 Å². The molecular weight excluding hydrogens is 356 g/mol. The third kappa shape index (κ3) is 5.67. The minimum atomic E-state index is -0.251. The summed E-state index contributed by atoms with van der Waals surface area (Å²) in [5.74, 6) is 0.344. The fraction of sp³-hybridized carbons (Fsp3) is 0.263. The van der Waals surface area contributed by atoms with E-state index < -0.39 is 0 Å². The van der Waals surface area contributed by atoms with Gasteiger partial charge in [0, 0.05) is 23.1 Å². The third-order valence-electron chi connectivity index (χ3n) is 3.66. The quantitative estimate of drug-likeness (QED) is 0.390. The van der Waals surface area contributed by atoms with Gasteiger partial charge < -0.3 is 14.9 Å². The highest BCUT2D eigenvalue weighted by Crippen LogP contribution is 2.23. The molecule has 0 radical (unpaired) electrons. The Balaban J connectivity index is 1.78. The number of ether oxygens (including phenoxy) is 1. The summed E-state index contributed by atoms with van der Waals surface area (Å²) >= 11 is 5.89. The SMILES string of the molecule is C/C(=N\NC(=O)CCCOc1ccc(Cl)cc1C)c1ccc(O)cc1O. The Labute approximate surface area is 157 Å². The topological polar surface area (TPSA) is 91.2 Å². The van der Waals surface area contributed by atoms with Gasteiger partial charge in [-0.3, -0.25) is 4.79 Å². The van der Waals surface area contributed by atoms with Crippen LogP contribution in [-0.4, -0.2) is 28.4 Å². The summed E-state index contributed by atoms with van der Waals surface area (Å²) in [4.78, 5) is 11.8. The molecule has 0 saturated carbocycles. The van der Waals surface area contributed by atoms with E-state index in [0.29, 0.717) is 29.3 Å². The number of aromatic hydroxyl groups is 2. The standard InChI is InChI=1S/C19H21ClN2O4/c1-12-10-14(20)5-8-18(12)26-9-3-4-19(25)22-21-13(2)16-7-6-15(23)11-17(16)24/h5-8,10-11,23-24H,3-4,9H2,1-2H3,(H,22,25)/b21-13+. The lowest BCUT2D eigenvalue weighted by Crippen LogP contribution is -2.19. The van der Waals surface area contributed by atoms with Crippen LogP contribution in [0.1, 0.15) is 30.9 Å². The van der Waals surface area contributed by atoms with Crippen molar-refractivity contribution in [2.45, 2.75) is 26.7 Å². The second kappa shape index (κ2) is 9.10. The van der Waals surface area contributed by atoms with Crippen molar-refractivity contribution in [3.8, 4) is 17.2 Å². The van der Waals surface area contributed by atoms with Gasteiger partial charge in [0.1, 0.15) is 17.2 Å². The van der Waals surface area contributed by atoms with E-state index in [9.17, 15) is 15.0 Å². The molecule has 2 aromatic carbocycles. The lowest BCUT2D eigenvalue weighted by molar-refractivity contribution is -0.121. The molecule has 3 N–H and O–H groups in total. The van der Waals surface area contributed by atoms with E-state index in [2.05, 4.69) is 10.5 Å². The smallest absolute Gasteiger partial charge is 0.240 e. The zero-order valence-electron chi connectivity index (χ0n) is 14.6. The molecule has 0 aliphatic heterocycles. The first-order valence-corrected chi connectivity index (χ1v) is 8.49. The zero-order chi connectivity index (χ0) is 19.1. The predicted octanol–water partition coefficient (Wildman–Crippen LogP) is 3.76. The van der Waals surface area contributed by atoms with E-state index in [1.54, 1.807) is 19.1 Å². The molecule has 6 nitrogen and oxygen atoms in total. The maximum Gasteiger partial charge on any atom is 0.240 e. The number of halogens is 1. The first-order chi connectivity index (χ1) is 12.4. The van der Waals surface area contributed by atoms with Gasteiger partial charge in [-0.2, -0.15) is 5.10 Å². The molecule has 2 aromatic rings. The molecule has 7 heteroatoms. The Morgan fingerprint density at radius 1 is 1.23 bits per heavy atom. The number of carbonyl (C=O) groups excluding carboxylic acids is 1. The first kappa shape index (κ1) is 19.6. The molecule has 0 fully saturated rings. The second-order valence-corrected chi connectivity index (χ2v) is 6.23. The highest BCUT2D eigenvalue weighted by atomic mass is 35.5. The third-order valence-corrected chi connectivity index (χ3v) is 3.90. The number of amides is 1. The maximum atomic E-state index is 11.8. The van der Waals surface area contributed by atoms with Crippen LogP contribution < -0.4 is 10.2 Å². The molecule has 26 heavy (non-hydrogen) atoms. The Hall–Kier alpha value is -2.73. The van der Waals surface area contributed by atoms with Gasteiger partial charge in [0.25, 0.3) is 0 Å². The van der Waals surface area contributed by atoms with Gasteiger partial charge in [0.2, 0.25) is 5.91 Å². The molecule has 0 aliphatic carbocycles. The normalized spacial score (nSPS) is 11.3. The monoisotopic (exact) mass is 376 g/mol. The molecule has 138 valence electrons. The molecule has 2 rings (SSSR count). The number of carbonyl (C=O) groups is 1. The van der Waals surface area contributed by atoms with Gasteiger partial charge in [-0.25, -0.2) is 5.43 Å².